The minimum absolute atomic E-state index is 0.208. The number of amides is 1. The summed E-state index contributed by atoms with van der Waals surface area (Å²) >= 11 is 3.19. The van der Waals surface area contributed by atoms with Crippen LogP contribution in [0.25, 0.3) is 6.08 Å². The lowest BCUT2D eigenvalue weighted by molar-refractivity contribution is -0.111. The number of carbonyl (C=O) groups is 1. The van der Waals surface area contributed by atoms with Crippen molar-refractivity contribution < 1.29 is 18.7 Å². The van der Waals surface area contributed by atoms with E-state index in [4.69, 9.17) is 13.9 Å². The number of carbonyl (C=O) groups excluding carboxylic acids is 1. The van der Waals surface area contributed by atoms with Crippen molar-refractivity contribution in [1.82, 2.24) is 0 Å². The van der Waals surface area contributed by atoms with Crippen LogP contribution in [0.15, 0.2) is 45.5 Å². The lowest BCUT2D eigenvalue weighted by Gasteiger charge is -2.03. The normalized spacial score (nSPS) is 12.8. The second-order valence-corrected chi connectivity index (χ2v) is 4.81. The molecule has 5 nitrogen and oxygen atoms in total. The minimum Gasteiger partial charge on any atom is -0.454 e. The number of hydrogen-bond donors (Lipinski definition) is 1. The van der Waals surface area contributed by atoms with Crippen LogP contribution in [0.1, 0.15) is 5.76 Å². The van der Waals surface area contributed by atoms with Gasteiger partial charge < -0.3 is 19.2 Å². The second kappa shape index (κ2) is 5.42. The zero-order valence-corrected chi connectivity index (χ0v) is 11.8. The van der Waals surface area contributed by atoms with E-state index >= 15 is 0 Å². The minimum atomic E-state index is -0.253. The molecule has 0 unspecified atom stereocenters. The average Bonchev–Trinajstić information content (AvgIpc) is 3.04. The van der Waals surface area contributed by atoms with Gasteiger partial charge in [-0.05, 0) is 46.3 Å². The van der Waals surface area contributed by atoms with E-state index in [2.05, 4.69) is 21.2 Å². The molecule has 1 aliphatic rings. The van der Waals surface area contributed by atoms with E-state index in [1.165, 1.54) is 6.08 Å². The number of ether oxygens (including phenoxy) is 2. The summed E-state index contributed by atoms with van der Waals surface area (Å²) in [5, 5.41) is 2.73. The molecular formula is C14H10BrNO4. The van der Waals surface area contributed by atoms with Gasteiger partial charge in [0.05, 0.1) is 0 Å². The number of furan rings is 1. The Hall–Kier alpha value is -2.21. The smallest absolute Gasteiger partial charge is 0.248 e. The van der Waals surface area contributed by atoms with Gasteiger partial charge in [0.25, 0.3) is 0 Å². The van der Waals surface area contributed by atoms with Crippen LogP contribution < -0.4 is 14.8 Å². The first kappa shape index (κ1) is 12.8. The Balaban J connectivity index is 1.65. The summed E-state index contributed by atoms with van der Waals surface area (Å²) < 4.78 is 16.3. The van der Waals surface area contributed by atoms with Gasteiger partial charge in [-0.1, -0.05) is 0 Å². The van der Waals surface area contributed by atoms with Crippen molar-refractivity contribution in [3.63, 3.8) is 0 Å². The van der Waals surface area contributed by atoms with Crippen LogP contribution in [0.4, 0.5) is 5.69 Å². The molecule has 0 fully saturated rings. The van der Waals surface area contributed by atoms with Crippen molar-refractivity contribution in [2.45, 2.75) is 0 Å². The van der Waals surface area contributed by atoms with Crippen LogP contribution in [0.5, 0.6) is 11.5 Å². The molecule has 1 aliphatic heterocycles. The maximum Gasteiger partial charge on any atom is 0.248 e. The molecule has 1 N–H and O–H groups in total. The van der Waals surface area contributed by atoms with E-state index in [9.17, 15) is 4.79 Å². The van der Waals surface area contributed by atoms with Gasteiger partial charge in [0.1, 0.15) is 5.76 Å². The highest BCUT2D eigenvalue weighted by molar-refractivity contribution is 9.10. The van der Waals surface area contributed by atoms with E-state index in [0.29, 0.717) is 27.6 Å². The average molecular weight is 336 g/mol. The summed E-state index contributed by atoms with van der Waals surface area (Å²) in [4.78, 5) is 11.8. The van der Waals surface area contributed by atoms with E-state index in [1.807, 2.05) is 0 Å². The van der Waals surface area contributed by atoms with Crippen molar-refractivity contribution >= 4 is 33.6 Å². The summed E-state index contributed by atoms with van der Waals surface area (Å²) in [6.45, 7) is 0.208. The van der Waals surface area contributed by atoms with Gasteiger partial charge in [-0.3, -0.25) is 4.79 Å². The van der Waals surface area contributed by atoms with Gasteiger partial charge in [-0.15, -0.1) is 0 Å². The number of nitrogens with one attached hydrogen (secondary N) is 1. The number of fused-ring (bicyclic) bond motifs is 1. The second-order valence-electron chi connectivity index (χ2n) is 4.03. The monoisotopic (exact) mass is 335 g/mol. The molecule has 0 radical (unpaired) electrons. The third-order valence-electron chi connectivity index (χ3n) is 2.63. The molecular weight excluding hydrogens is 326 g/mol. The lowest BCUT2D eigenvalue weighted by Crippen LogP contribution is -2.07. The molecule has 0 bridgehead atoms. The van der Waals surface area contributed by atoms with Crippen molar-refractivity contribution in [3.8, 4) is 11.5 Å². The van der Waals surface area contributed by atoms with Crippen LogP contribution in [0.2, 0.25) is 0 Å². The molecule has 1 aromatic carbocycles. The molecule has 20 heavy (non-hydrogen) atoms. The third kappa shape index (κ3) is 2.85. The lowest BCUT2D eigenvalue weighted by atomic mass is 10.2. The largest absolute Gasteiger partial charge is 0.454 e. The summed E-state index contributed by atoms with van der Waals surface area (Å²) in [6.07, 6.45) is 2.99. The predicted octanol–water partition coefficient (Wildman–Crippen LogP) is 3.42. The third-order valence-corrected chi connectivity index (χ3v) is 3.06. The molecule has 0 atom stereocenters. The molecule has 102 valence electrons. The summed E-state index contributed by atoms with van der Waals surface area (Å²) in [6, 6.07) is 8.75. The molecule has 6 heteroatoms. The van der Waals surface area contributed by atoms with Crippen LogP contribution in [-0.2, 0) is 4.79 Å². The SMILES string of the molecule is O=C(/C=C/c1ccc(Br)o1)Nc1ccc2c(c1)OCO2. The van der Waals surface area contributed by atoms with Gasteiger partial charge in [0.15, 0.2) is 16.2 Å². The highest BCUT2D eigenvalue weighted by Gasteiger charge is 2.13. The molecule has 0 spiro atoms. The molecule has 3 rings (SSSR count). The van der Waals surface area contributed by atoms with E-state index in [0.717, 1.165) is 0 Å². The fourth-order valence-corrected chi connectivity index (χ4v) is 2.05. The van der Waals surface area contributed by atoms with Crippen LogP contribution in [0.3, 0.4) is 0 Å². The maximum atomic E-state index is 11.8. The first-order valence-electron chi connectivity index (χ1n) is 5.85. The number of benzene rings is 1. The van der Waals surface area contributed by atoms with Crippen molar-refractivity contribution in [2.24, 2.45) is 0 Å². The van der Waals surface area contributed by atoms with E-state index < -0.39 is 0 Å². The molecule has 2 aromatic rings. The highest BCUT2D eigenvalue weighted by Crippen LogP contribution is 2.34. The highest BCUT2D eigenvalue weighted by atomic mass is 79.9. The number of rotatable bonds is 3. The Morgan fingerprint density at radius 2 is 2.05 bits per heavy atom. The number of anilines is 1. The standard InChI is InChI=1S/C14H10BrNO4/c15-13-5-2-10(20-13)3-6-14(17)16-9-1-4-11-12(7-9)19-8-18-11/h1-7H,8H2,(H,16,17)/b6-3+. The Morgan fingerprint density at radius 3 is 2.85 bits per heavy atom. The maximum absolute atomic E-state index is 11.8. The summed E-state index contributed by atoms with van der Waals surface area (Å²) in [5.74, 6) is 1.65. The van der Waals surface area contributed by atoms with Gasteiger partial charge in [0, 0.05) is 17.8 Å². The topological polar surface area (TPSA) is 60.7 Å². The summed E-state index contributed by atoms with van der Waals surface area (Å²) in [7, 11) is 0. The Bertz CT molecular complexity index is 678. The molecule has 2 heterocycles. The van der Waals surface area contributed by atoms with Crippen molar-refractivity contribution in [3.05, 3.63) is 46.8 Å². The molecule has 1 amide bonds. The molecule has 0 aliphatic carbocycles. The number of hydrogen-bond acceptors (Lipinski definition) is 4. The first-order valence-corrected chi connectivity index (χ1v) is 6.64. The van der Waals surface area contributed by atoms with E-state index in [-0.39, 0.29) is 12.7 Å². The quantitative estimate of drug-likeness (QED) is 0.873. The van der Waals surface area contributed by atoms with E-state index in [1.54, 1.807) is 36.4 Å². The van der Waals surface area contributed by atoms with Crippen LogP contribution in [-0.4, -0.2) is 12.7 Å². The molecule has 1 aromatic heterocycles. The first-order chi connectivity index (χ1) is 9.70. The zero-order valence-electron chi connectivity index (χ0n) is 10.3. The summed E-state index contributed by atoms with van der Waals surface area (Å²) in [5.41, 5.74) is 0.643. The zero-order chi connectivity index (χ0) is 13.9. The van der Waals surface area contributed by atoms with Gasteiger partial charge >= 0.3 is 0 Å². The Kier molecular flexibility index (Phi) is 3.47. The molecule has 0 saturated heterocycles. The predicted molar refractivity (Wildman–Crippen MR) is 76.6 cm³/mol. The van der Waals surface area contributed by atoms with Crippen molar-refractivity contribution in [2.75, 3.05) is 12.1 Å². The number of halogens is 1. The fraction of sp³-hybridized carbons (Fsp3) is 0.0714. The Labute approximate surface area is 123 Å². The van der Waals surface area contributed by atoms with Crippen molar-refractivity contribution in [1.29, 1.82) is 0 Å². The van der Waals surface area contributed by atoms with Crippen LogP contribution >= 0.6 is 15.9 Å². The van der Waals surface area contributed by atoms with Crippen LogP contribution in [0, 0.1) is 0 Å². The van der Waals surface area contributed by atoms with Gasteiger partial charge in [0.2, 0.25) is 12.7 Å². The molecule has 0 saturated carbocycles. The van der Waals surface area contributed by atoms with Gasteiger partial charge in [-0.25, -0.2) is 0 Å². The van der Waals surface area contributed by atoms with Gasteiger partial charge in [-0.2, -0.15) is 0 Å². The Morgan fingerprint density at radius 1 is 1.20 bits per heavy atom. The fourth-order valence-electron chi connectivity index (χ4n) is 1.73.